The highest BCUT2D eigenvalue weighted by Crippen LogP contribution is 2.47. The Morgan fingerprint density at radius 3 is 2.70 bits per heavy atom. The number of allylic oxidation sites excluding steroid dienone is 2. The van der Waals surface area contributed by atoms with Crippen LogP contribution < -0.4 is 0 Å². The molecule has 1 saturated heterocycles. The summed E-state index contributed by atoms with van der Waals surface area (Å²) in [5, 5.41) is 0. The van der Waals surface area contributed by atoms with Gasteiger partial charge in [0.15, 0.2) is 5.79 Å². The second kappa shape index (κ2) is 6.56. The Hall–Kier alpha value is -0.870. The maximum Gasteiger partial charge on any atom is 0.306 e. The van der Waals surface area contributed by atoms with Crippen LogP contribution in [0.15, 0.2) is 11.6 Å². The molecule has 0 N–H and O–H groups in total. The van der Waals surface area contributed by atoms with E-state index in [2.05, 4.69) is 6.08 Å². The highest BCUT2D eigenvalue weighted by molar-refractivity contribution is 5.69. The van der Waals surface area contributed by atoms with E-state index in [9.17, 15) is 4.79 Å². The lowest BCUT2D eigenvalue weighted by molar-refractivity contribution is -0.195. The van der Waals surface area contributed by atoms with Crippen LogP contribution in [-0.2, 0) is 19.0 Å². The third-order valence-corrected chi connectivity index (χ3v) is 4.94. The molecule has 2 aliphatic carbocycles. The van der Waals surface area contributed by atoms with Crippen molar-refractivity contribution in [1.82, 2.24) is 0 Å². The van der Waals surface area contributed by atoms with Crippen molar-refractivity contribution in [2.75, 3.05) is 13.2 Å². The minimum Gasteiger partial charge on any atom is -0.460 e. The van der Waals surface area contributed by atoms with Gasteiger partial charge in [-0.3, -0.25) is 4.79 Å². The number of carbonyl (C=O) groups is 1. The van der Waals surface area contributed by atoms with Gasteiger partial charge in [0, 0.05) is 19.3 Å². The first kappa shape index (κ1) is 17.0. The van der Waals surface area contributed by atoms with Gasteiger partial charge < -0.3 is 14.2 Å². The number of hydrogen-bond acceptors (Lipinski definition) is 4. The molecule has 23 heavy (non-hydrogen) atoms. The van der Waals surface area contributed by atoms with Gasteiger partial charge in [0.05, 0.1) is 13.2 Å². The Balaban J connectivity index is 1.47. The van der Waals surface area contributed by atoms with E-state index in [1.165, 1.54) is 12.0 Å². The summed E-state index contributed by atoms with van der Waals surface area (Å²) in [6.45, 7) is 7.23. The Kier molecular flexibility index (Phi) is 4.84. The second-order valence-corrected chi connectivity index (χ2v) is 8.35. The largest absolute Gasteiger partial charge is 0.460 e. The van der Waals surface area contributed by atoms with Crippen molar-refractivity contribution in [3.63, 3.8) is 0 Å². The summed E-state index contributed by atoms with van der Waals surface area (Å²) in [5.74, 6) is 0.887. The smallest absolute Gasteiger partial charge is 0.306 e. The standard InChI is InChI=1S/C19H30O4/c1-18(2,3)23-17(20)6-4-5-14-9-15-11-16(10-14)13-19(12-15)21-7-8-22-19/h9,15-16H,4-8,10-13H2,1-3H3/t15-,16+/m1/s1. The van der Waals surface area contributed by atoms with Gasteiger partial charge in [0.25, 0.3) is 0 Å². The van der Waals surface area contributed by atoms with Crippen LogP contribution in [-0.4, -0.2) is 30.6 Å². The van der Waals surface area contributed by atoms with E-state index in [1.54, 1.807) is 0 Å². The quantitative estimate of drug-likeness (QED) is 0.580. The summed E-state index contributed by atoms with van der Waals surface area (Å²) in [4.78, 5) is 11.8. The fourth-order valence-corrected chi connectivity index (χ4v) is 4.34. The zero-order chi connectivity index (χ0) is 16.5. The normalized spacial score (nSPS) is 29.4. The molecule has 1 heterocycles. The van der Waals surface area contributed by atoms with E-state index < -0.39 is 0 Å². The fourth-order valence-electron chi connectivity index (χ4n) is 4.34. The molecule has 0 unspecified atom stereocenters. The maximum absolute atomic E-state index is 11.8. The highest BCUT2D eigenvalue weighted by Gasteiger charge is 2.45. The number of fused-ring (bicyclic) bond motifs is 2. The van der Waals surface area contributed by atoms with Crippen LogP contribution in [0.5, 0.6) is 0 Å². The molecule has 130 valence electrons. The molecular formula is C19H30O4. The van der Waals surface area contributed by atoms with Crippen LogP contribution in [0.2, 0.25) is 0 Å². The predicted octanol–water partition coefficient (Wildman–Crippen LogP) is 3.99. The van der Waals surface area contributed by atoms with Crippen molar-refractivity contribution in [2.45, 2.75) is 77.1 Å². The van der Waals surface area contributed by atoms with Crippen LogP contribution in [0.1, 0.15) is 65.7 Å². The lowest BCUT2D eigenvalue weighted by Gasteiger charge is -2.43. The van der Waals surface area contributed by atoms with Crippen molar-refractivity contribution in [3.8, 4) is 0 Å². The Bertz CT molecular complexity index is 468. The van der Waals surface area contributed by atoms with Gasteiger partial charge in [-0.1, -0.05) is 11.6 Å². The SMILES string of the molecule is CC(C)(C)OC(=O)CCCC1=C[C@@H]2C[C@H](C1)CC1(C2)OCCO1. The highest BCUT2D eigenvalue weighted by atomic mass is 16.7. The van der Waals surface area contributed by atoms with E-state index in [4.69, 9.17) is 14.2 Å². The summed E-state index contributed by atoms with van der Waals surface area (Å²) < 4.78 is 17.2. The molecule has 4 nitrogen and oxygen atoms in total. The topological polar surface area (TPSA) is 44.8 Å². The van der Waals surface area contributed by atoms with Gasteiger partial charge in [0.1, 0.15) is 5.60 Å². The fraction of sp³-hybridized carbons (Fsp3) is 0.842. The molecule has 1 aliphatic heterocycles. The van der Waals surface area contributed by atoms with Gasteiger partial charge in [-0.05, 0) is 58.3 Å². The van der Waals surface area contributed by atoms with Gasteiger partial charge in [-0.15, -0.1) is 0 Å². The van der Waals surface area contributed by atoms with Crippen LogP contribution in [0.3, 0.4) is 0 Å². The molecule has 1 saturated carbocycles. The van der Waals surface area contributed by atoms with Crippen LogP contribution in [0.25, 0.3) is 0 Å². The zero-order valence-corrected chi connectivity index (χ0v) is 14.7. The number of ether oxygens (including phenoxy) is 3. The van der Waals surface area contributed by atoms with Crippen LogP contribution in [0, 0.1) is 11.8 Å². The van der Waals surface area contributed by atoms with Crippen molar-refractivity contribution in [1.29, 1.82) is 0 Å². The molecule has 0 radical (unpaired) electrons. The van der Waals surface area contributed by atoms with E-state index in [-0.39, 0.29) is 17.4 Å². The molecule has 0 aromatic heterocycles. The van der Waals surface area contributed by atoms with Gasteiger partial charge in [-0.25, -0.2) is 0 Å². The lowest BCUT2D eigenvalue weighted by Crippen LogP contribution is -2.41. The average Bonchev–Trinajstić information content (AvgIpc) is 2.83. The minimum atomic E-state index is -0.381. The third-order valence-electron chi connectivity index (χ3n) is 4.94. The van der Waals surface area contributed by atoms with Crippen molar-refractivity contribution < 1.29 is 19.0 Å². The first-order chi connectivity index (χ1) is 10.8. The van der Waals surface area contributed by atoms with E-state index in [0.717, 1.165) is 45.3 Å². The van der Waals surface area contributed by atoms with Gasteiger partial charge in [0.2, 0.25) is 0 Å². The summed E-state index contributed by atoms with van der Waals surface area (Å²) >= 11 is 0. The molecule has 2 bridgehead atoms. The zero-order valence-electron chi connectivity index (χ0n) is 14.7. The average molecular weight is 322 g/mol. The van der Waals surface area contributed by atoms with Crippen LogP contribution in [0.4, 0.5) is 0 Å². The Morgan fingerprint density at radius 2 is 2.04 bits per heavy atom. The Morgan fingerprint density at radius 1 is 1.30 bits per heavy atom. The molecule has 2 atom stereocenters. The third kappa shape index (κ3) is 4.57. The van der Waals surface area contributed by atoms with Crippen molar-refractivity contribution in [3.05, 3.63) is 11.6 Å². The summed E-state index contributed by atoms with van der Waals surface area (Å²) in [5.41, 5.74) is 1.14. The number of hydrogen-bond donors (Lipinski definition) is 0. The maximum atomic E-state index is 11.8. The number of esters is 1. The van der Waals surface area contributed by atoms with Gasteiger partial charge in [-0.2, -0.15) is 0 Å². The van der Waals surface area contributed by atoms with E-state index in [1.807, 2.05) is 20.8 Å². The molecule has 0 amide bonds. The summed E-state index contributed by atoms with van der Waals surface area (Å²) in [6, 6.07) is 0. The first-order valence-electron chi connectivity index (χ1n) is 9.03. The molecular weight excluding hydrogens is 292 g/mol. The first-order valence-corrected chi connectivity index (χ1v) is 9.03. The predicted molar refractivity (Wildman–Crippen MR) is 87.9 cm³/mol. The Labute approximate surface area is 139 Å². The lowest BCUT2D eigenvalue weighted by atomic mass is 9.70. The minimum absolute atomic E-state index is 0.0826. The van der Waals surface area contributed by atoms with Crippen molar-refractivity contribution in [2.24, 2.45) is 11.8 Å². The van der Waals surface area contributed by atoms with E-state index in [0.29, 0.717) is 18.3 Å². The molecule has 3 rings (SSSR count). The number of carbonyl (C=O) groups excluding carboxylic acids is 1. The molecule has 0 aromatic carbocycles. The van der Waals surface area contributed by atoms with Crippen LogP contribution >= 0.6 is 0 Å². The van der Waals surface area contributed by atoms with E-state index >= 15 is 0 Å². The molecule has 1 spiro atoms. The summed E-state index contributed by atoms with van der Waals surface area (Å²) in [7, 11) is 0. The molecule has 4 heteroatoms. The van der Waals surface area contributed by atoms with Gasteiger partial charge >= 0.3 is 5.97 Å². The molecule has 0 aromatic rings. The number of rotatable bonds is 4. The monoisotopic (exact) mass is 322 g/mol. The van der Waals surface area contributed by atoms with Crippen molar-refractivity contribution >= 4 is 5.97 Å². The molecule has 3 aliphatic rings. The second-order valence-electron chi connectivity index (χ2n) is 8.35. The molecule has 2 fully saturated rings. The summed E-state index contributed by atoms with van der Waals surface area (Å²) in [6.07, 6.45) is 9.28.